The summed E-state index contributed by atoms with van der Waals surface area (Å²) in [6, 6.07) is 9.71. The molecule has 0 radical (unpaired) electrons. The first-order chi connectivity index (χ1) is 11.1. The fraction of sp³-hybridized carbons (Fsp3) is 0.529. The normalized spacial score (nSPS) is 16.9. The molecular weight excluding hydrogens is 328 g/mol. The Bertz CT molecular complexity index is 527. The van der Waals surface area contributed by atoms with E-state index < -0.39 is 0 Å². The lowest BCUT2D eigenvalue weighted by atomic mass is 10.1. The number of piperidine rings is 1. The van der Waals surface area contributed by atoms with E-state index in [-0.39, 0.29) is 30.4 Å². The smallest absolute Gasteiger partial charge is 0.317 e. The highest BCUT2D eigenvalue weighted by Crippen LogP contribution is 2.09. The third-order valence-electron chi connectivity index (χ3n) is 4.03. The van der Waals surface area contributed by atoms with Gasteiger partial charge in [-0.1, -0.05) is 30.3 Å². The van der Waals surface area contributed by atoms with Gasteiger partial charge in [0.25, 0.3) is 0 Å². The lowest BCUT2D eigenvalue weighted by Crippen LogP contribution is -2.46. The first-order valence-electron chi connectivity index (χ1n) is 8.12. The third kappa shape index (κ3) is 6.37. The van der Waals surface area contributed by atoms with Crippen molar-refractivity contribution in [2.45, 2.75) is 31.8 Å². The summed E-state index contributed by atoms with van der Waals surface area (Å²) in [5.41, 5.74) is 6.96. The number of amides is 3. The maximum absolute atomic E-state index is 12.1. The average molecular weight is 355 g/mol. The Labute approximate surface area is 149 Å². The van der Waals surface area contributed by atoms with Gasteiger partial charge in [0, 0.05) is 45.7 Å². The molecule has 3 amide bonds. The number of likely N-dealkylation sites (tertiary alicyclic amines) is 1. The van der Waals surface area contributed by atoms with Crippen LogP contribution in [0.25, 0.3) is 0 Å². The van der Waals surface area contributed by atoms with Crippen LogP contribution < -0.4 is 11.1 Å². The lowest BCUT2D eigenvalue weighted by molar-refractivity contribution is -0.132. The van der Waals surface area contributed by atoms with Gasteiger partial charge >= 0.3 is 6.03 Å². The maximum atomic E-state index is 12.1. The zero-order chi connectivity index (χ0) is 16.7. The fourth-order valence-electron chi connectivity index (χ4n) is 2.74. The standard InChI is InChI=1S/C17H26N4O2.ClH/c1-20(12-14-6-3-2-4-7-14)17(23)19-10-9-16(22)21-11-5-8-15(18)13-21;/h2-4,6-7,15H,5,8-13,18H2,1H3,(H,19,23);1H. The zero-order valence-corrected chi connectivity index (χ0v) is 14.9. The van der Waals surface area contributed by atoms with Gasteiger partial charge in [-0.25, -0.2) is 4.79 Å². The van der Waals surface area contributed by atoms with Crippen molar-refractivity contribution in [3.63, 3.8) is 0 Å². The zero-order valence-electron chi connectivity index (χ0n) is 14.1. The van der Waals surface area contributed by atoms with E-state index in [0.717, 1.165) is 24.9 Å². The van der Waals surface area contributed by atoms with Gasteiger partial charge in [-0.2, -0.15) is 0 Å². The minimum atomic E-state index is -0.169. The van der Waals surface area contributed by atoms with Crippen LogP contribution in [0.1, 0.15) is 24.8 Å². The van der Waals surface area contributed by atoms with Crippen molar-refractivity contribution in [2.75, 3.05) is 26.7 Å². The molecule has 134 valence electrons. The predicted octanol–water partition coefficient (Wildman–Crippen LogP) is 1.59. The van der Waals surface area contributed by atoms with Crippen LogP contribution in [0.5, 0.6) is 0 Å². The van der Waals surface area contributed by atoms with Crippen LogP contribution in [0.2, 0.25) is 0 Å². The van der Waals surface area contributed by atoms with Crippen molar-refractivity contribution in [2.24, 2.45) is 5.73 Å². The Morgan fingerprint density at radius 2 is 2.04 bits per heavy atom. The minimum Gasteiger partial charge on any atom is -0.341 e. The number of nitrogens with zero attached hydrogens (tertiary/aromatic N) is 2. The molecule has 1 aromatic carbocycles. The second kappa shape index (κ2) is 10.2. The van der Waals surface area contributed by atoms with E-state index in [1.54, 1.807) is 16.8 Å². The molecule has 1 fully saturated rings. The van der Waals surface area contributed by atoms with Crippen molar-refractivity contribution >= 4 is 24.3 Å². The molecule has 0 bridgehead atoms. The Hall–Kier alpha value is -1.79. The molecular formula is C17H27ClN4O2. The molecule has 3 N–H and O–H groups in total. The Morgan fingerprint density at radius 1 is 1.33 bits per heavy atom. The van der Waals surface area contributed by atoms with Crippen LogP contribution in [0.4, 0.5) is 4.79 Å². The topological polar surface area (TPSA) is 78.7 Å². The van der Waals surface area contributed by atoms with Crippen LogP contribution in [-0.2, 0) is 11.3 Å². The lowest BCUT2D eigenvalue weighted by Gasteiger charge is -2.31. The highest BCUT2D eigenvalue weighted by Gasteiger charge is 2.21. The number of nitrogens with two attached hydrogens (primary N) is 1. The van der Waals surface area contributed by atoms with Crippen molar-refractivity contribution in [1.82, 2.24) is 15.1 Å². The van der Waals surface area contributed by atoms with Gasteiger partial charge in [-0.3, -0.25) is 4.79 Å². The molecule has 0 aliphatic carbocycles. The fourth-order valence-corrected chi connectivity index (χ4v) is 2.74. The number of benzene rings is 1. The van der Waals surface area contributed by atoms with Crippen LogP contribution in [0, 0.1) is 0 Å². The molecule has 1 aliphatic rings. The summed E-state index contributed by atoms with van der Waals surface area (Å²) in [5.74, 6) is 0.0613. The van der Waals surface area contributed by atoms with Gasteiger partial charge in [0.2, 0.25) is 5.91 Å². The molecule has 1 aromatic rings. The summed E-state index contributed by atoms with van der Waals surface area (Å²) in [6.45, 7) is 2.29. The van der Waals surface area contributed by atoms with Crippen molar-refractivity contribution in [3.8, 4) is 0 Å². The van der Waals surface area contributed by atoms with E-state index in [0.29, 0.717) is 26.1 Å². The number of urea groups is 1. The second-order valence-corrected chi connectivity index (χ2v) is 6.07. The van der Waals surface area contributed by atoms with E-state index >= 15 is 0 Å². The number of rotatable bonds is 5. The van der Waals surface area contributed by atoms with E-state index in [9.17, 15) is 9.59 Å². The number of carbonyl (C=O) groups excluding carboxylic acids is 2. The molecule has 1 heterocycles. The van der Waals surface area contributed by atoms with Crippen LogP contribution in [0.3, 0.4) is 0 Å². The quantitative estimate of drug-likeness (QED) is 0.842. The van der Waals surface area contributed by atoms with Crippen molar-refractivity contribution < 1.29 is 9.59 Å². The molecule has 6 nitrogen and oxygen atoms in total. The van der Waals surface area contributed by atoms with Gasteiger partial charge < -0.3 is 20.9 Å². The monoisotopic (exact) mass is 354 g/mol. The SMILES string of the molecule is CN(Cc1ccccc1)C(=O)NCCC(=O)N1CCCC(N)C1.Cl. The van der Waals surface area contributed by atoms with Crippen LogP contribution in [-0.4, -0.2) is 54.5 Å². The van der Waals surface area contributed by atoms with Crippen LogP contribution >= 0.6 is 12.4 Å². The Balaban J connectivity index is 0.00000288. The molecule has 0 aromatic heterocycles. The first kappa shape index (κ1) is 20.3. The van der Waals surface area contributed by atoms with Gasteiger partial charge in [0.1, 0.15) is 0 Å². The molecule has 2 rings (SSSR count). The summed E-state index contributed by atoms with van der Waals surface area (Å²) in [6.07, 6.45) is 2.25. The number of halogens is 1. The molecule has 1 saturated heterocycles. The highest BCUT2D eigenvalue weighted by molar-refractivity contribution is 5.85. The van der Waals surface area contributed by atoms with Crippen molar-refractivity contribution in [3.05, 3.63) is 35.9 Å². The van der Waals surface area contributed by atoms with Gasteiger partial charge in [0.15, 0.2) is 0 Å². The molecule has 0 spiro atoms. The number of hydrogen-bond acceptors (Lipinski definition) is 3. The summed E-state index contributed by atoms with van der Waals surface area (Å²) >= 11 is 0. The average Bonchev–Trinajstić information content (AvgIpc) is 2.55. The predicted molar refractivity (Wildman–Crippen MR) is 97.0 cm³/mol. The number of nitrogens with one attached hydrogen (secondary N) is 1. The summed E-state index contributed by atoms with van der Waals surface area (Å²) in [7, 11) is 1.74. The second-order valence-electron chi connectivity index (χ2n) is 6.07. The summed E-state index contributed by atoms with van der Waals surface area (Å²) < 4.78 is 0. The number of carbonyl (C=O) groups is 2. The largest absolute Gasteiger partial charge is 0.341 e. The number of hydrogen-bond donors (Lipinski definition) is 2. The summed E-state index contributed by atoms with van der Waals surface area (Å²) in [4.78, 5) is 27.5. The van der Waals surface area contributed by atoms with Crippen molar-refractivity contribution in [1.29, 1.82) is 0 Å². The van der Waals surface area contributed by atoms with Gasteiger partial charge in [-0.05, 0) is 18.4 Å². The van der Waals surface area contributed by atoms with Crippen LogP contribution in [0.15, 0.2) is 30.3 Å². The maximum Gasteiger partial charge on any atom is 0.317 e. The third-order valence-corrected chi connectivity index (χ3v) is 4.03. The molecule has 24 heavy (non-hydrogen) atoms. The molecule has 1 atom stereocenters. The van der Waals surface area contributed by atoms with Gasteiger partial charge in [-0.15, -0.1) is 12.4 Å². The summed E-state index contributed by atoms with van der Waals surface area (Å²) in [5, 5.41) is 2.79. The van der Waals surface area contributed by atoms with E-state index in [1.807, 2.05) is 30.3 Å². The first-order valence-corrected chi connectivity index (χ1v) is 8.12. The molecule has 1 unspecified atom stereocenters. The molecule has 7 heteroatoms. The highest BCUT2D eigenvalue weighted by atomic mass is 35.5. The van der Waals surface area contributed by atoms with E-state index in [2.05, 4.69) is 5.32 Å². The minimum absolute atomic E-state index is 0. The molecule has 1 aliphatic heterocycles. The van der Waals surface area contributed by atoms with E-state index in [4.69, 9.17) is 5.73 Å². The molecule has 0 saturated carbocycles. The Kier molecular flexibility index (Phi) is 8.57. The van der Waals surface area contributed by atoms with E-state index in [1.165, 1.54) is 0 Å². The van der Waals surface area contributed by atoms with Gasteiger partial charge in [0.05, 0.1) is 0 Å². The Morgan fingerprint density at radius 3 is 2.71 bits per heavy atom.